The molecule has 1 rings (SSSR count). The summed E-state index contributed by atoms with van der Waals surface area (Å²) in [5.41, 5.74) is 0. The largest absolute Gasteiger partial charge is 0.357 e. The Labute approximate surface area is 118 Å². The fourth-order valence-electron chi connectivity index (χ4n) is 2.25. The zero-order chi connectivity index (χ0) is 13.9. The molecule has 0 spiro atoms. The second-order valence-electron chi connectivity index (χ2n) is 5.20. The van der Waals surface area contributed by atoms with E-state index in [1.165, 1.54) is 25.9 Å². The summed E-state index contributed by atoms with van der Waals surface area (Å²) in [5.74, 6) is 4.29. The van der Waals surface area contributed by atoms with Gasteiger partial charge >= 0.3 is 0 Å². The molecule has 0 aromatic heterocycles. The molecule has 0 radical (unpaired) electrons. The molecule has 0 aromatic rings. The second-order valence-corrected chi connectivity index (χ2v) is 5.20. The number of aliphatic imine (C=N–C) groups is 1. The van der Waals surface area contributed by atoms with Crippen LogP contribution in [0.25, 0.3) is 0 Å². The number of piperidine rings is 1. The Morgan fingerprint density at radius 1 is 1.37 bits per heavy atom. The molecule has 2 N–H and O–H groups in total. The number of nitrogens with one attached hydrogen (secondary N) is 2. The first kappa shape index (κ1) is 15.8. The lowest BCUT2D eigenvalue weighted by atomic mass is 9.99. The number of nitrogens with zero attached hydrogens (tertiary/aromatic N) is 2. The van der Waals surface area contributed by atoms with Crippen LogP contribution < -0.4 is 10.6 Å². The SMILES string of the molecule is C#CCNC(=NCCCN1CCC(C)CC1)NCC. The van der Waals surface area contributed by atoms with Gasteiger partial charge in [0.05, 0.1) is 6.54 Å². The summed E-state index contributed by atoms with van der Waals surface area (Å²) in [5, 5.41) is 6.30. The van der Waals surface area contributed by atoms with Crippen LogP contribution in [-0.4, -0.2) is 50.1 Å². The molecule has 1 saturated heterocycles. The summed E-state index contributed by atoms with van der Waals surface area (Å²) >= 11 is 0. The average Bonchev–Trinajstić information content (AvgIpc) is 2.42. The molecule has 1 heterocycles. The van der Waals surface area contributed by atoms with Gasteiger partial charge in [-0.25, -0.2) is 0 Å². The molecular weight excluding hydrogens is 236 g/mol. The first-order chi connectivity index (χ1) is 9.26. The second kappa shape index (κ2) is 9.69. The normalized spacial score (nSPS) is 18.1. The summed E-state index contributed by atoms with van der Waals surface area (Å²) in [7, 11) is 0. The van der Waals surface area contributed by atoms with Crippen molar-refractivity contribution in [2.45, 2.75) is 33.1 Å². The first-order valence-corrected chi connectivity index (χ1v) is 7.44. The van der Waals surface area contributed by atoms with Crippen molar-refractivity contribution in [3.8, 4) is 12.3 Å². The number of terminal acetylenes is 1. The summed E-state index contributed by atoms with van der Waals surface area (Å²) < 4.78 is 0. The van der Waals surface area contributed by atoms with E-state index in [4.69, 9.17) is 6.42 Å². The van der Waals surface area contributed by atoms with Crippen LogP contribution in [0.5, 0.6) is 0 Å². The van der Waals surface area contributed by atoms with Crippen molar-refractivity contribution in [2.75, 3.05) is 39.3 Å². The molecule has 0 aromatic carbocycles. The van der Waals surface area contributed by atoms with Crippen molar-refractivity contribution in [1.29, 1.82) is 0 Å². The number of likely N-dealkylation sites (tertiary alicyclic amines) is 1. The Morgan fingerprint density at radius 3 is 2.74 bits per heavy atom. The monoisotopic (exact) mass is 264 g/mol. The van der Waals surface area contributed by atoms with Crippen molar-refractivity contribution in [3.05, 3.63) is 0 Å². The Balaban J connectivity index is 2.17. The summed E-state index contributed by atoms with van der Waals surface area (Å²) in [6, 6.07) is 0. The topological polar surface area (TPSA) is 39.7 Å². The molecule has 0 amide bonds. The van der Waals surface area contributed by atoms with E-state index in [2.05, 4.69) is 40.3 Å². The summed E-state index contributed by atoms with van der Waals surface area (Å²) in [6.07, 6.45) is 9.03. The lowest BCUT2D eigenvalue weighted by Crippen LogP contribution is -2.38. The van der Waals surface area contributed by atoms with Crippen molar-refractivity contribution in [3.63, 3.8) is 0 Å². The van der Waals surface area contributed by atoms with Gasteiger partial charge in [0.25, 0.3) is 0 Å². The smallest absolute Gasteiger partial charge is 0.192 e. The highest BCUT2D eigenvalue weighted by molar-refractivity contribution is 5.79. The molecule has 108 valence electrons. The Hall–Kier alpha value is -1.21. The van der Waals surface area contributed by atoms with Gasteiger partial charge < -0.3 is 15.5 Å². The van der Waals surface area contributed by atoms with Gasteiger partial charge in [-0.15, -0.1) is 6.42 Å². The standard InChI is InChI=1S/C15H28N4/c1-4-9-17-15(16-5-2)18-10-6-11-19-12-7-14(3)8-13-19/h1,14H,5-13H2,2-3H3,(H2,16,17,18). The molecule has 0 bridgehead atoms. The molecule has 19 heavy (non-hydrogen) atoms. The number of hydrogen-bond acceptors (Lipinski definition) is 2. The highest BCUT2D eigenvalue weighted by Crippen LogP contribution is 2.15. The summed E-state index contributed by atoms with van der Waals surface area (Å²) in [4.78, 5) is 7.08. The van der Waals surface area contributed by atoms with Crippen molar-refractivity contribution < 1.29 is 0 Å². The third-order valence-corrected chi connectivity index (χ3v) is 3.48. The van der Waals surface area contributed by atoms with Crippen LogP contribution in [0.1, 0.15) is 33.1 Å². The van der Waals surface area contributed by atoms with Crippen LogP contribution in [0.4, 0.5) is 0 Å². The molecule has 1 fully saturated rings. The van der Waals surface area contributed by atoms with E-state index in [9.17, 15) is 0 Å². The minimum absolute atomic E-state index is 0.524. The molecule has 4 nitrogen and oxygen atoms in total. The Kier molecular flexibility index (Phi) is 8.08. The van der Waals surface area contributed by atoms with E-state index < -0.39 is 0 Å². The van der Waals surface area contributed by atoms with Crippen LogP contribution in [-0.2, 0) is 0 Å². The molecule has 0 saturated carbocycles. The van der Waals surface area contributed by atoms with Gasteiger partial charge in [-0.2, -0.15) is 0 Å². The highest BCUT2D eigenvalue weighted by Gasteiger charge is 2.14. The average molecular weight is 264 g/mol. The third kappa shape index (κ3) is 7.07. The molecule has 0 aliphatic carbocycles. The van der Waals surface area contributed by atoms with Gasteiger partial charge in [0, 0.05) is 13.1 Å². The van der Waals surface area contributed by atoms with Crippen LogP contribution in [0.15, 0.2) is 4.99 Å². The van der Waals surface area contributed by atoms with Gasteiger partial charge in [0.2, 0.25) is 0 Å². The third-order valence-electron chi connectivity index (χ3n) is 3.48. The van der Waals surface area contributed by atoms with Gasteiger partial charge in [-0.3, -0.25) is 4.99 Å². The van der Waals surface area contributed by atoms with Crippen LogP contribution in [0.3, 0.4) is 0 Å². The lowest BCUT2D eigenvalue weighted by molar-refractivity contribution is 0.192. The number of hydrogen-bond donors (Lipinski definition) is 2. The molecule has 4 heteroatoms. The van der Waals surface area contributed by atoms with Crippen LogP contribution >= 0.6 is 0 Å². The minimum Gasteiger partial charge on any atom is -0.357 e. The predicted octanol–water partition coefficient (Wildman–Crippen LogP) is 1.30. The van der Waals surface area contributed by atoms with E-state index in [1.807, 2.05) is 0 Å². The Bertz CT molecular complexity index is 298. The molecule has 0 atom stereocenters. The lowest BCUT2D eigenvalue weighted by Gasteiger charge is -2.29. The molecule has 1 aliphatic heterocycles. The van der Waals surface area contributed by atoms with Crippen molar-refractivity contribution in [2.24, 2.45) is 10.9 Å². The van der Waals surface area contributed by atoms with E-state index in [1.54, 1.807) is 0 Å². The quantitative estimate of drug-likeness (QED) is 0.329. The van der Waals surface area contributed by atoms with Gasteiger partial charge in [-0.05, 0) is 51.7 Å². The van der Waals surface area contributed by atoms with Crippen molar-refractivity contribution in [1.82, 2.24) is 15.5 Å². The van der Waals surface area contributed by atoms with Crippen LogP contribution in [0, 0.1) is 18.3 Å². The van der Waals surface area contributed by atoms with E-state index in [0.717, 1.165) is 37.9 Å². The maximum Gasteiger partial charge on any atom is 0.192 e. The zero-order valence-electron chi connectivity index (χ0n) is 12.4. The van der Waals surface area contributed by atoms with Gasteiger partial charge in [-0.1, -0.05) is 12.8 Å². The van der Waals surface area contributed by atoms with Crippen molar-refractivity contribution >= 4 is 5.96 Å². The molecular formula is C15H28N4. The fourth-order valence-corrected chi connectivity index (χ4v) is 2.25. The van der Waals surface area contributed by atoms with E-state index in [-0.39, 0.29) is 0 Å². The molecule has 0 unspecified atom stereocenters. The Morgan fingerprint density at radius 2 is 2.11 bits per heavy atom. The number of rotatable bonds is 6. The first-order valence-electron chi connectivity index (χ1n) is 7.44. The summed E-state index contributed by atoms with van der Waals surface area (Å²) in [6.45, 7) is 10.3. The van der Waals surface area contributed by atoms with E-state index in [0.29, 0.717) is 6.54 Å². The van der Waals surface area contributed by atoms with Gasteiger partial charge in [0.1, 0.15) is 0 Å². The van der Waals surface area contributed by atoms with Gasteiger partial charge in [0.15, 0.2) is 5.96 Å². The maximum absolute atomic E-state index is 5.23. The van der Waals surface area contributed by atoms with Crippen LogP contribution in [0.2, 0.25) is 0 Å². The van der Waals surface area contributed by atoms with E-state index >= 15 is 0 Å². The predicted molar refractivity (Wildman–Crippen MR) is 82.3 cm³/mol. The zero-order valence-corrected chi connectivity index (χ0v) is 12.4. The highest BCUT2D eigenvalue weighted by atomic mass is 15.2. The molecule has 1 aliphatic rings. The minimum atomic E-state index is 0.524. The maximum atomic E-state index is 5.23. The fraction of sp³-hybridized carbons (Fsp3) is 0.800. The number of guanidine groups is 1.